The van der Waals surface area contributed by atoms with Crippen LogP contribution in [0.5, 0.6) is 0 Å². The van der Waals surface area contributed by atoms with Gasteiger partial charge in [0.2, 0.25) is 5.91 Å². The Bertz CT molecular complexity index is 572. The smallest absolute Gasteiger partial charge is 0.229 e. The van der Waals surface area contributed by atoms with E-state index in [0.717, 1.165) is 5.56 Å². The number of carbonyl (C=O) groups is 1. The lowest BCUT2D eigenvalue weighted by molar-refractivity contribution is -0.119. The Kier molecular flexibility index (Phi) is 4.85. The molecule has 1 atom stereocenters. The lowest BCUT2D eigenvalue weighted by atomic mass is 9.98. The van der Waals surface area contributed by atoms with E-state index in [2.05, 4.69) is 5.32 Å². The molecule has 0 saturated carbocycles. The van der Waals surface area contributed by atoms with Crippen LogP contribution in [-0.2, 0) is 11.2 Å². The molecule has 2 aromatic carbocycles. The maximum absolute atomic E-state index is 13.5. The Hall–Kier alpha value is -2.20. The fourth-order valence-electron chi connectivity index (χ4n) is 1.98. The van der Waals surface area contributed by atoms with Gasteiger partial charge in [0.05, 0.1) is 11.6 Å². The van der Waals surface area contributed by atoms with Crippen molar-refractivity contribution in [2.45, 2.75) is 6.42 Å². The van der Waals surface area contributed by atoms with Gasteiger partial charge in [-0.2, -0.15) is 0 Å². The lowest BCUT2D eigenvalue weighted by Crippen LogP contribution is -2.31. The molecule has 0 aliphatic carbocycles. The maximum atomic E-state index is 13.5. The summed E-state index contributed by atoms with van der Waals surface area (Å²) in [5.41, 5.74) is 6.88. The highest BCUT2D eigenvalue weighted by molar-refractivity contribution is 5.93. The first kappa shape index (κ1) is 14.2. The molecule has 0 fully saturated rings. The second kappa shape index (κ2) is 6.82. The van der Waals surface area contributed by atoms with Gasteiger partial charge in [0.25, 0.3) is 0 Å². The van der Waals surface area contributed by atoms with Crippen molar-refractivity contribution >= 4 is 11.6 Å². The summed E-state index contributed by atoms with van der Waals surface area (Å²) in [4.78, 5) is 12.1. The molecule has 0 aromatic heterocycles. The van der Waals surface area contributed by atoms with Crippen molar-refractivity contribution in [1.82, 2.24) is 0 Å². The molecule has 3 N–H and O–H groups in total. The predicted octanol–water partition coefficient (Wildman–Crippen LogP) is 2.58. The lowest BCUT2D eigenvalue weighted by Gasteiger charge is -2.15. The third-order valence-corrected chi connectivity index (χ3v) is 3.11. The Morgan fingerprint density at radius 1 is 1.10 bits per heavy atom. The normalized spacial score (nSPS) is 11.9. The summed E-state index contributed by atoms with van der Waals surface area (Å²) >= 11 is 0. The summed E-state index contributed by atoms with van der Waals surface area (Å²) in [7, 11) is 0. The van der Waals surface area contributed by atoms with Crippen LogP contribution >= 0.6 is 0 Å². The van der Waals surface area contributed by atoms with E-state index in [4.69, 9.17) is 5.73 Å². The quantitative estimate of drug-likeness (QED) is 0.879. The zero-order valence-electron chi connectivity index (χ0n) is 11.1. The SMILES string of the molecule is NCC(Cc1ccccc1)C(=O)Nc1ccccc1F. The highest BCUT2D eigenvalue weighted by atomic mass is 19.1. The van der Waals surface area contributed by atoms with Gasteiger partial charge in [0.1, 0.15) is 5.82 Å². The van der Waals surface area contributed by atoms with Crippen LogP contribution in [0.4, 0.5) is 10.1 Å². The van der Waals surface area contributed by atoms with Gasteiger partial charge < -0.3 is 11.1 Å². The molecule has 104 valence electrons. The minimum absolute atomic E-state index is 0.184. The Morgan fingerprint density at radius 2 is 1.75 bits per heavy atom. The van der Waals surface area contributed by atoms with Gasteiger partial charge in [0.15, 0.2) is 0 Å². The van der Waals surface area contributed by atoms with Crippen LogP contribution < -0.4 is 11.1 Å². The number of nitrogens with two attached hydrogens (primary N) is 1. The van der Waals surface area contributed by atoms with Gasteiger partial charge in [-0.05, 0) is 24.1 Å². The average Bonchev–Trinajstić information content (AvgIpc) is 2.48. The molecule has 0 heterocycles. The van der Waals surface area contributed by atoms with Crippen molar-refractivity contribution in [2.75, 3.05) is 11.9 Å². The second-order valence-corrected chi connectivity index (χ2v) is 4.59. The molecule has 0 radical (unpaired) electrons. The number of rotatable bonds is 5. The fraction of sp³-hybridized carbons (Fsp3) is 0.188. The number of nitrogens with one attached hydrogen (secondary N) is 1. The summed E-state index contributed by atoms with van der Waals surface area (Å²) in [6.45, 7) is 0.217. The minimum Gasteiger partial charge on any atom is -0.330 e. The molecule has 1 amide bonds. The van der Waals surface area contributed by atoms with Crippen LogP contribution in [0.2, 0.25) is 0 Å². The van der Waals surface area contributed by atoms with E-state index in [9.17, 15) is 9.18 Å². The van der Waals surface area contributed by atoms with Crippen molar-refractivity contribution in [1.29, 1.82) is 0 Å². The Labute approximate surface area is 117 Å². The number of amides is 1. The molecule has 20 heavy (non-hydrogen) atoms. The standard InChI is InChI=1S/C16H17FN2O/c17-14-8-4-5-9-15(14)19-16(20)13(11-18)10-12-6-2-1-3-7-12/h1-9,13H,10-11,18H2,(H,19,20). The topological polar surface area (TPSA) is 55.1 Å². The number of hydrogen-bond acceptors (Lipinski definition) is 2. The fourth-order valence-corrected chi connectivity index (χ4v) is 1.98. The van der Waals surface area contributed by atoms with Crippen LogP contribution in [0.1, 0.15) is 5.56 Å². The molecule has 4 heteroatoms. The van der Waals surface area contributed by atoms with Crippen LogP contribution in [0.3, 0.4) is 0 Å². The highest BCUT2D eigenvalue weighted by Gasteiger charge is 2.18. The number of para-hydroxylation sites is 1. The van der Waals surface area contributed by atoms with Gasteiger partial charge in [-0.3, -0.25) is 4.79 Å². The van der Waals surface area contributed by atoms with E-state index in [1.54, 1.807) is 12.1 Å². The summed E-state index contributed by atoms with van der Waals surface area (Å²) in [5.74, 6) is -1.09. The largest absolute Gasteiger partial charge is 0.330 e. The van der Waals surface area contributed by atoms with Crippen LogP contribution in [0, 0.1) is 11.7 Å². The van der Waals surface area contributed by atoms with E-state index in [-0.39, 0.29) is 24.1 Å². The molecule has 3 nitrogen and oxygen atoms in total. The molecule has 2 aromatic rings. The van der Waals surface area contributed by atoms with E-state index < -0.39 is 5.82 Å². The molecular weight excluding hydrogens is 255 g/mol. The molecule has 0 aliphatic rings. The summed E-state index contributed by atoms with van der Waals surface area (Å²) in [6.07, 6.45) is 0.539. The van der Waals surface area contributed by atoms with Gasteiger partial charge in [-0.25, -0.2) is 4.39 Å². The maximum Gasteiger partial charge on any atom is 0.229 e. The summed E-state index contributed by atoms with van der Waals surface area (Å²) in [5, 5.41) is 2.59. The number of halogens is 1. The molecule has 0 spiro atoms. The first-order valence-electron chi connectivity index (χ1n) is 6.50. The number of benzene rings is 2. The number of carbonyl (C=O) groups excluding carboxylic acids is 1. The van der Waals surface area contributed by atoms with E-state index >= 15 is 0 Å². The Morgan fingerprint density at radius 3 is 2.40 bits per heavy atom. The van der Waals surface area contributed by atoms with Gasteiger partial charge >= 0.3 is 0 Å². The Balaban J connectivity index is 2.04. The predicted molar refractivity (Wildman–Crippen MR) is 77.7 cm³/mol. The molecule has 2 rings (SSSR count). The van der Waals surface area contributed by atoms with E-state index in [1.807, 2.05) is 30.3 Å². The van der Waals surface area contributed by atoms with Crippen molar-refractivity contribution < 1.29 is 9.18 Å². The second-order valence-electron chi connectivity index (χ2n) is 4.59. The molecule has 0 saturated heterocycles. The van der Waals surface area contributed by atoms with Gasteiger partial charge in [-0.15, -0.1) is 0 Å². The average molecular weight is 272 g/mol. The zero-order chi connectivity index (χ0) is 14.4. The minimum atomic E-state index is -0.448. The van der Waals surface area contributed by atoms with Gasteiger partial charge in [0, 0.05) is 6.54 Å². The van der Waals surface area contributed by atoms with Crippen molar-refractivity contribution in [2.24, 2.45) is 11.7 Å². The third kappa shape index (κ3) is 3.65. The van der Waals surface area contributed by atoms with Crippen molar-refractivity contribution in [3.05, 3.63) is 66.0 Å². The monoisotopic (exact) mass is 272 g/mol. The van der Waals surface area contributed by atoms with E-state index in [1.165, 1.54) is 12.1 Å². The summed E-state index contributed by atoms with van der Waals surface area (Å²) < 4.78 is 13.5. The molecular formula is C16H17FN2O. The summed E-state index contributed by atoms with van der Waals surface area (Å²) in [6, 6.07) is 15.7. The van der Waals surface area contributed by atoms with Crippen LogP contribution in [0.25, 0.3) is 0 Å². The van der Waals surface area contributed by atoms with Crippen molar-refractivity contribution in [3.8, 4) is 0 Å². The van der Waals surface area contributed by atoms with Crippen molar-refractivity contribution in [3.63, 3.8) is 0 Å². The number of anilines is 1. The first-order chi connectivity index (χ1) is 9.70. The molecule has 0 bridgehead atoms. The van der Waals surface area contributed by atoms with Gasteiger partial charge in [-0.1, -0.05) is 42.5 Å². The van der Waals surface area contributed by atoms with E-state index in [0.29, 0.717) is 6.42 Å². The van der Waals surface area contributed by atoms with Crippen LogP contribution in [0.15, 0.2) is 54.6 Å². The number of hydrogen-bond donors (Lipinski definition) is 2. The highest BCUT2D eigenvalue weighted by Crippen LogP contribution is 2.15. The zero-order valence-corrected chi connectivity index (χ0v) is 11.1. The molecule has 0 aliphatic heterocycles. The van der Waals surface area contributed by atoms with Crippen LogP contribution in [-0.4, -0.2) is 12.5 Å². The molecule has 1 unspecified atom stereocenters. The third-order valence-electron chi connectivity index (χ3n) is 3.11. The first-order valence-corrected chi connectivity index (χ1v) is 6.50.